The Morgan fingerprint density at radius 1 is 1.12 bits per heavy atom. The summed E-state index contributed by atoms with van der Waals surface area (Å²) in [6.45, 7) is 8.51. The quantitative estimate of drug-likeness (QED) is 0.751. The molecule has 1 aliphatic rings. The normalized spacial score (nSPS) is 18.4. The van der Waals surface area contributed by atoms with Crippen molar-refractivity contribution in [1.82, 2.24) is 9.80 Å². The molecule has 2 N–H and O–H groups in total. The first kappa shape index (κ1) is 14.0. The van der Waals surface area contributed by atoms with E-state index in [1.165, 1.54) is 0 Å². The maximum absolute atomic E-state index is 12.2. The molecule has 1 fully saturated rings. The van der Waals surface area contributed by atoms with Gasteiger partial charge in [0.2, 0.25) is 11.8 Å². The van der Waals surface area contributed by atoms with Crippen molar-refractivity contribution in [2.24, 2.45) is 17.6 Å². The third kappa shape index (κ3) is 3.43. The van der Waals surface area contributed by atoms with Crippen molar-refractivity contribution < 1.29 is 9.59 Å². The second-order valence-electron chi connectivity index (χ2n) is 4.92. The molecule has 1 saturated heterocycles. The molecule has 1 aliphatic heterocycles. The van der Waals surface area contributed by atoms with Crippen LogP contribution < -0.4 is 5.73 Å². The largest absolute Gasteiger partial charge is 0.339 e. The van der Waals surface area contributed by atoms with Crippen LogP contribution in [0.15, 0.2) is 0 Å². The number of hydrogen-bond donors (Lipinski definition) is 1. The van der Waals surface area contributed by atoms with Crippen molar-refractivity contribution in [2.45, 2.75) is 20.8 Å². The number of nitrogens with zero attached hydrogens (tertiary/aromatic N) is 2. The Morgan fingerprint density at radius 3 is 1.94 bits per heavy atom. The van der Waals surface area contributed by atoms with E-state index in [4.69, 9.17) is 5.73 Å². The molecule has 1 atom stereocenters. The topological polar surface area (TPSA) is 66.6 Å². The molecule has 0 aromatic heterocycles. The number of amides is 2. The number of nitrogens with two attached hydrogens (primary N) is 1. The van der Waals surface area contributed by atoms with Crippen molar-refractivity contribution in [3.8, 4) is 0 Å². The van der Waals surface area contributed by atoms with Crippen LogP contribution in [0.1, 0.15) is 20.8 Å². The Bertz CT molecular complexity index is 283. The zero-order chi connectivity index (χ0) is 13.0. The van der Waals surface area contributed by atoms with Crippen LogP contribution in [0.25, 0.3) is 0 Å². The van der Waals surface area contributed by atoms with Crippen LogP contribution >= 0.6 is 0 Å². The highest BCUT2D eigenvalue weighted by molar-refractivity contribution is 5.80. The second-order valence-corrected chi connectivity index (χ2v) is 4.92. The van der Waals surface area contributed by atoms with Crippen LogP contribution in [0, 0.1) is 11.8 Å². The fourth-order valence-corrected chi connectivity index (χ4v) is 2.13. The molecule has 2 amide bonds. The predicted molar refractivity (Wildman–Crippen MR) is 66.2 cm³/mol. The summed E-state index contributed by atoms with van der Waals surface area (Å²) in [6.07, 6.45) is 0. The minimum atomic E-state index is -0.0983. The highest BCUT2D eigenvalue weighted by Crippen LogP contribution is 2.14. The molecular weight excluding hydrogens is 218 g/mol. The molecular formula is C12H23N3O2. The smallest absolute Gasteiger partial charge is 0.227 e. The van der Waals surface area contributed by atoms with E-state index in [0.717, 1.165) is 0 Å². The van der Waals surface area contributed by atoms with Crippen LogP contribution in [-0.2, 0) is 9.59 Å². The minimum Gasteiger partial charge on any atom is -0.339 e. The SMILES string of the molecule is CC(=O)N1CCN(C(=O)C(CN)C(C)C)CC1. The standard InChI is InChI=1S/C12H23N3O2/c1-9(2)11(8-13)12(17)15-6-4-14(5-7-15)10(3)16/h9,11H,4-8,13H2,1-3H3. The van der Waals surface area contributed by atoms with Crippen molar-refractivity contribution in [3.05, 3.63) is 0 Å². The van der Waals surface area contributed by atoms with Crippen LogP contribution in [0.5, 0.6) is 0 Å². The summed E-state index contributed by atoms with van der Waals surface area (Å²) in [5, 5.41) is 0. The number of carbonyl (C=O) groups is 2. The number of hydrogen-bond acceptors (Lipinski definition) is 3. The van der Waals surface area contributed by atoms with E-state index in [9.17, 15) is 9.59 Å². The van der Waals surface area contributed by atoms with E-state index in [-0.39, 0.29) is 23.7 Å². The molecule has 5 nitrogen and oxygen atoms in total. The van der Waals surface area contributed by atoms with Crippen LogP contribution in [0.3, 0.4) is 0 Å². The fraction of sp³-hybridized carbons (Fsp3) is 0.833. The lowest BCUT2D eigenvalue weighted by Gasteiger charge is -2.36. The van der Waals surface area contributed by atoms with Crippen LogP contribution in [0.4, 0.5) is 0 Å². The summed E-state index contributed by atoms with van der Waals surface area (Å²) >= 11 is 0. The van der Waals surface area contributed by atoms with Gasteiger partial charge in [0.1, 0.15) is 0 Å². The van der Waals surface area contributed by atoms with Crippen LogP contribution in [0.2, 0.25) is 0 Å². The van der Waals surface area contributed by atoms with Gasteiger partial charge in [-0.05, 0) is 5.92 Å². The van der Waals surface area contributed by atoms with Gasteiger partial charge in [0.05, 0.1) is 5.92 Å². The molecule has 0 saturated carbocycles. The lowest BCUT2D eigenvalue weighted by Crippen LogP contribution is -2.52. The van der Waals surface area contributed by atoms with Gasteiger partial charge in [-0.1, -0.05) is 13.8 Å². The van der Waals surface area contributed by atoms with Crippen molar-refractivity contribution in [2.75, 3.05) is 32.7 Å². The average Bonchev–Trinajstić information content (AvgIpc) is 2.29. The molecule has 0 bridgehead atoms. The fourth-order valence-electron chi connectivity index (χ4n) is 2.13. The van der Waals surface area contributed by atoms with Crippen molar-refractivity contribution >= 4 is 11.8 Å². The molecule has 0 aromatic carbocycles. The second kappa shape index (κ2) is 6.00. The van der Waals surface area contributed by atoms with Crippen molar-refractivity contribution in [3.63, 3.8) is 0 Å². The Kier molecular flexibility index (Phi) is 4.93. The molecule has 0 spiro atoms. The van der Waals surface area contributed by atoms with Gasteiger partial charge in [0, 0.05) is 39.6 Å². The van der Waals surface area contributed by atoms with E-state index < -0.39 is 0 Å². The summed E-state index contributed by atoms with van der Waals surface area (Å²) in [7, 11) is 0. The Balaban J connectivity index is 2.53. The maximum Gasteiger partial charge on any atom is 0.227 e. The maximum atomic E-state index is 12.2. The molecule has 1 heterocycles. The summed E-state index contributed by atoms with van der Waals surface area (Å²) < 4.78 is 0. The molecule has 98 valence electrons. The zero-order valence-corrected chi connectivity index (χ0v) is 11.0. The average molecular weight is 241 g/mol. The molecule has 5 heteroatoms. The highest BCUT2D eigenvalue weighted by Gasteiger charge is 2.28. The Morgan fingerprint density at radius 2 is 1.59 bits per heavy atom. The number of piperazine rings is 1. The summed E-state index contributed by atoms with van der Waals surface area (Å²) in [5.41, 5.74) is 5.64. The van der Waals surface area contributed by atoms with Gasteiger partial charge in [0.25, 0.3) is 0 Å². The molecule has 0 radical (unpaired) electrons. The molecule has 1 unspecified atom stereocenters. The first-order valence-corrected chi connectivity index (χ1v) is 6.21. The Hall–Kier alpha value is -1.10. The number of carbonyl (C=O) groups excluding carboxylic acids is 2. The molecule has 0 aliphatic carbocycles. The van der Waals surface area contributed by atoms with Gasteiger partial charge in [-0.15, -0.1) is 0 Å². The van der Waals surface area contributed by atoms with E-state index in [1.54, 1.807) is 11.8 Å². The van der Waals surface area contributed by atoms with Gasteiger partial charge >= 0.3 is 0 Å². The van der Waals surface area contributed by atoms with Gasteiger partial charge in [-0.3, -0.25) is 9.59 Å². The van der Waals surface area contributed by atoms with E-state index in [2.05, 4.69) is 0 Å². The lowest BCUT2D eigenvalue weighted by molar-refractivity contribution is -0.142. The highest BCUT2D eigenvalue weighted by atomic mass is 16.2. The first-order valence-electron chi connectivity index (χ1n) is 6.21. The van der Waals surface area contributed by atoms with E-state index in [1.807, 2.05) is 18.7 Å². The van der Waals surface area contributed by atoms with Crippen molar-refractivity contribution in [1.29, 1.82) is 0 Å². The van der Waals surface area contributed by atoms with Gasteiger partial charge in [-0.25, -0.2) is 0 Å². The Labute approximate surface area is 103 Å². The third-order valence-corrected chi connectivity index (χ3v) is 3.41. The zero-order valence-electron chi connectivity index (χ0n) is 11.0. The van der Waals surface area contributed by atoms with Gasteiger partial charge in [0.15, 0.2) is 0 Å². The molecule has 0 aromatic rings. The van der Waals surface area contributed by atoms with Gasteiger partial charge in [-0.2, -0.15) is 0 Å². The summed E-state index contributed by atoms with van der Waals surface area (Å²) in [6, 6.07) is 0. The van der Waals surface area contributed by atoms with Crippen LogP contribution in [-0.4, -0.2) is 54.3 Å². The molecule has 17 heavy (non-hydrogen) atoms. The minimum absolute atomic E-state index is 0.0799. The van der Waals surface area contributed by atoms with E-state index >= 15 is 0 Å². The number of rotatable bonds is 3. The summed E-state index contributed by atoms with van der Waals surface area (Å²) in [4.78, 5) is 27.0. The monoisotopic (exact) mass is 241 g/mol. The third-order valence-electron chi connectivity index (χ3n) is 3.41. The predicted octanol–water partition coefficient (Wildman–Crippen LogP) is -0.0920. The summed E-state index contributed by atoms with van der Waals surface area (Å²) in [5.74, 6) is 0.374. The lowest BCUT2D eigenvalue weighted by atomic mass is 9.94. The molecule has 1 rings (SSSR count). The van der Waals surface area contributed by atoms with E-state index in [0.29, 0.717) is 32.7 Å². The van der Waals surface area contributed by atoms with Gasteiger partial charge < -0.3 is 15.5 Å². The first-order chi connectivity index (χ1) is 7.97.